The minimum atomic E-state index is -0.266. The predicted molar refractivity (Wildman–Crippen MR) is 85.9 cm³/mol. The van der Waals surface area contributed by atoms with Gasteiger partial charge in [-0.3, -0.25) is 4.90 Å². The average Bonchev–Trinajstić information content (AvgIpc) is 2.56. The van der Waals surface area contributed by atoms with Gasteiger partial charge in [0, 0.05) is 39.3 Å². The molecule has 1 saturated heterocycles. The summed E-state index contributed by atoms with van der Waals surface area (Å²) in [7, 11) is 3.12. The van der Waals surface area contributed by atoms with Gasteiger partial charge in [0.15, 0.2) is 0 Å². The first-order valence-electron chi connectivity index (χ1n) is 7.43. The van der Waals surface area contributed by atoms with Gasteiger partial charge >= 0.3 is 6.03 Å². The summed E-state index contributed by atoms with van der Waals surface area (Å²) >= 11 is 0. The second-order valence-corrected chi connectivity index (χ2v) is 5.01. The van der Waals surface area contributed by atoms with Crippen LogP contribution in [0.1, 0.15) is 0 Å². The highest BCUT2D eigenvalue weighted by Gasteiger charge is 2.13. The number of ether oxygens (including phenoxy) is 2. The Hall–Kier alpha value is -1.99. The molecule has 7 nitrogen and oxygen atoms in total. The summed E-state index contributed by atoms with van der Waals surface area (Å²) in [6.45, 7) is 5.49. The number of benzene rings is 1. The van der Waals surface area contributed by atoms with E-state index in [-0.39, 0.29) is 6.03 Å². The van der Waals surface area contributed by atoms with Gasteiger partial charge in [0.1, 0.15) is 17.2 Å². The first kappa shape index (κ1) is 16.4. The average molecular weight is 308 g/mol. The summed E-state index contributed by atoms with van der Waals surface area (Å²) in [5.41, 5.74) is 0.534. The highest BCUT2D eigenvalue weighted by atomic mass is 16.5. The second kappa shape index (κ2) is 8.45. The summed E-state index contributed by atoms with van der Waals surface area (Å²) in [6, 6.07) is 5.10. The first-order chi connectivity index (χ1) is 10.7. The SMILES string of the molecule is COc1cccc(OC)c1NC(=O)NCCN1CCNCC1. The molecule has 1 fully saturated rings. The Bertz CT molecular complexity index is 467. The molecule has 122 valence electrons. The molecule has 0 radical (unpaired) electrons. The topological polar surface area (TPSA) is 74.9 Å². The van der Waals surface area contributed by atoms with Crippen LogP contribution in [0, 0.1) is 0 Å². The van der Waals surface area contributed by atoms with Gasteiger partial charge in [0.2, 0.25) is 0 Å². The minimum absolute atomic E-state index is 0.266. The zero-order valence-corrected chi connectivity index (χ0v) is 13.1. The van der Waals surface area contributed by atoms with Crippen molar-refractivity contribution in [1.29, 1.82) is 0 Å². The van der Waals surface area contributed by atoms with Gasteiger partial charge in [-0.25, -0.2) is 4.79 Å². The minimum Gasteiger partial charge on any atom is -0.494 e. The van der Waals surface area contributed by atoms with Crippen LogP contribution in [-0.4, -0.2) is 64.4 Å². The molecule has 0 unspecified atom stereocenters. The van der Waals surface area contributed by atoms with E-state index in [0.717, 1.165) is 32.7 Å². The number of anilines is 1. The first-order valence-corrected chi connectivity index (χ1v) is 7.43. The molecule has 1 aromatic rings. The molecule has 1 aliphatic rings. The molecule has 7 heteroatoms. The van der Waals surface area contributed by atoms with Crippen molar-refractivity contribution in [2.75, 3.05) is 58.8 Å². The van der Waals surface area contributed by atoms with Crippen LogP contribution in [0.4, 0.5) is 10.5 Å². The highest BCUT2D eigenvalue weighted by Crippen LogP contribution is 2.33. The monoisotopic (exact) mass is 308 g/mol. The number of methoxy groups -OCH3 is 2. The Morgan fingerprint density at radius 1 is 1.23 bits per heavy atom. The van der Waals surface area contributed by atoms with Gasteiger partial charge in [-0.2, -0.15) is 0 Å². The van der Waals surface area contributed by atoms with Gasteiger partial charge in [0.25, 0.3) is 0 Å². The molecule has 1 aliphatic heterocycles. The summed E-state index contributed by atoms with van der Waals surface area (Å²) in [4.78, 5) is 14.3. The number of nitrogens with one attached hydrogen (secondary N) is 3. The lowest BCUT2D eigenvalue weighted by molar-refractivity contribution is 0.233. The van der Waals surface area contributed by atoms with Crippen LogP contribution in [0.3, 0.4) is 0 Å². The molecule has 0 bridgehead atoms. The molecular weight excluding hydrogens is 284 g/mol. The Labute approximate surface area is 131 Å². The van der Waals surface area contributed by atoms with Gasteiger partial charge in [0.05, 0.1) is 14.2 Å². The summed E-state index contributed by atoms with van der Waals surface area (Å²) in [6.07, 6.45) is 0. The number of carbonyl (C=O) groups is 1. The van der Waals surface area contributed by atoms with E-state index in [1.165, 1.54) is 0 Å². The fourth-order valence-corrected chi connectivity index (χ4v) is 2.39. The van der Waals surface area contributed by atoms with Crippen molar-refractivity contribution < 1.29 is 14.3 Å². The lowest BCUT2D eigenvalue weighted by atomic mass is 10.2. The van der Waals surface area contributed by atoms with Crippen LogP contribution in [0.2, 0.25) is 0 Å². The van der Waals surface area contributed by atoms with Crippen molar-refractivity contribution in [2.24, 2.45) is 0 Å². The number of carbonyl (C=O) groups excluding carboxylic acids is 1. The Balaban J connectivity index is 1.83. The van der Waals surface area contributed by atoms with Gasteiger partial charge < -0.3 is 25.4 Å². The number of rotatable bonds is 6. The predicted octanol–water partition coefficient (Wildman–Crippen LogP) is 0.731. The molecule has 0 aliphatic carbocycles. The zero-order valence-electron chi connectivity index (χ0n) is 13.1. The Morgan fingerprint density at radius 3 is 2.45 bits per heavy atom. The maximum atomic E-state index is 12.0. The smallest absolute Gasteiger partial charge is 0.319 e. The van der Waals surface area contributed by atoms with Crippen molar-refractivity contribution in [3.63, 3.8) is 0 Å². The van der Waals surface area contributed by atoms with E-state index in [2.05, 4.69) is 20.9 Å². The van der Waals surface area contributed by atoms with Crippen LogP contribution in [0.15, 0.2) is 18.2 Å². The normalized spacial score (nSPS) is 15.2. The third kappa shape index (κ3) is 4.51. The summed E-state index contributed by atoms with van der Waals surface area (Å²) < 4.78 is 10.5. The number of urea groups is 1. The number of hydrogen-bond acceptors (Lipinski definition) is 5. The van der Waals surface area contributed by atoms with E-state index in [1.807, 2.05) is 6.07 Å². The molecule has 2 rings (SSSR count). The molecule has 0 aromatic heterocycles. The molecule has 3 N–H and O–H groups in total. The Kier molecular flexibility index (Phi) is 6.29. The van der Waals surface area contributed by atoms with Crippen molar-refractivity contribution in [3.05, 3.63) is 18.2 Å². The maximum Gasteiger partial charge on any atom is 0.319 e. The van der Waals surface area contributed by atoms with E-state index < -0.39 is 0 Å². The number of piperazine rings is 1. The molecular formula is C15H24N4O3. The fraction of sp³-hybridized carbons (Fsp3) is 0.533. The molecule has 0 atom stereocenters. The molecule has 2 amide bonds. The zero-order chi connectivity index (χ0) is 15.8. The van der Waals surface area contributed by atoms with Crippen LogP contribution < -0.4 is 25.4 Å². The third-order valence-electron chi connectivity index (χ3n) is 3.59. The maximum absolute atomic E-state index is 12.0. The van der Waals surface area contributed by atoms with Crippen LogP contribution >= 0.6 is 0 Å². The molecule has 1 heterocycles. The fourth-order valence-electron chi connectivity index (χ4n) is 2.39. The largest absolute Gasteiger partial charge is 0.494 e. The quantitative estimate of drug-likeness (QED) is 0.722. The van der Waals surface area contributed by atoms with Gasteiger partial charge in [-0.05, 0) is 12.1 Å². The van der Waals surface area contributed by atoms with E-state index in [4.69, 9.17) is 9.47 Å². The van der Waals surface area contributed by atoms with E-state index in [9.17, 15) is 4.79 Å². The van der Waals surface area contributed by atoms with E-state index in [0.29, 0.717) is 23.7 Å². The summed E-state index contributed by atoms with van der Waals surface area (Å²) in [5, 5.41) is 8.95. The highest BCUT2D eigenvalue weighted by molar-refractivity contribution is 5.92. The summed E-state index contributed by atoms with van der Waals surface area (Å²) in [5.74, 6) is 1.13. The Morgan fingerprint density at radius 2 is 1.86 bits per heavy atom. The van der Waals surface area contributed by atoms with Crippen molar-refractivity contribution in [2.45, 2.75) is 0 Å². The van der Waals surface area contributed by atoms with Gasteiger partial charge in [-0.1, -0.05) is 6.07 Å². The lowest BCUT2D eigenvalue weighted by Crippen LogP contribution is -2.46. The van der Waals surface area contributed by atoms with Crippen molar-refractivity contribution in [1.82, 2.24) is 15.5 Å². The molecule has 0 spiro atoms. The van der Waals surface area contributed by atoms with E-state index >= 15 is 0 Å². The van der Waals surface area contributed by atoms with Crippen LogP contribution in [0.25, 0.3) is 0 Å². The number of nitrogens with zero attached hydrogens (tertiary/aromatic N) is 1. The molecule has 1 aromatic carbocycles. The van der Waals surface area contributed by atoms with Crippen LogP contribution in [0.5, 0.6) is 11.5 Å². The van der Waals surface area contributed by atoms with E-state index in [1.54, 1.807) is 26.4 Å². The number of amides is 2. The lowest BCUT2D eigenvalue weighted by Gasteiger charge is -2.27. The van der Waals surface area contributed by atoms with Crippen molar-refractivity contribution >= 4 is 11.7 Å². The standard InChI is InChI=1S/C15H24N4O3/c1-21-12-4-3-5-13(22-2)14(12)18-15(20)17-8-11-19-9-6-16-7-10-19/h3-5,16H,6-11H2,1-2H3,(H2,17,18,20). The van der Waals surface area contributed by atoms with Crippen LogP contribution in [-0.2, 0) is 0 Å². The van der Waals surface area contributed by atoms with Gasteiger partial charge in [-0.15, -0.1) is 0 Å². The number of para-hydroxylation sites is 1. The third-order valence-corrected chi connectivity index (χ3v) is 3.59. The second-order valence-electron chi connectivity index (χ2n) is 5.01. The molecule has 0 saturated carbocycles. The number of hydrogen-bond donors (Lipinski definition) is 3. The molecule has 22 heavy (non-hydrogen) atoms. The van der Waals surface area contributed by atoms with Crippen molar-refractivity contribution in [3.8, 4) is 11.5 Å².